The van der Waals surface area contributed by atoms with Gasteiger partial charge >= 0.3 is 0 Å². The van der Waals surface area contributed by atoms with Crippen molar-refractivity contribution in [3.05, 3.63) is 35.2 Å². The maximum Gasteiger partial charge on any atom is 0.175 e. The quantitative estimate of drug-likeness (QED) is 0.654. The standard InChI is InChI=1S/C17H16BrN5OS/c1-9-6-10-2-3-12(24)11(10)7-13(9)25-17-22-14-15(19)20-8-21-16(14)23(17)5-4-18/h6-8H,2-5H2,1H3,(H2,19,20,21). The summed E-state index contributed by atoms with van der Waals surface area (Å²) in [5, 5.41) is 1.58. The summed E-state index contributed by atoms with van der Waals surface area (Å²) < 4.78 is 2.03. The molecular formula is C17H16BrN5OS. The van der Waals surface area contributed by atoms with Gasteiger partial charge in [0.25, 0.3) is 0 Å². The number of ketones is 1. The number of nitrogen functional groups attached to an aromatic ring is 1. The van der Waals surface area contributed by atoms with Crippen LogP contribution in [0.25, 0.3) is 11.2 Å². The second kappa shape index (κ2) is 6.42. The molecule has 0 saturated heterocycles. The summed E-state index contributed by atoms with van der Waals surface area (Å²) in [5.74, 6) is 0.599. The number of aromatic nitrogens is 4. The van der Waals surface area contributed by atoms with Gasteiger partial charge in [-0.3, -0.25) is 4.79 Å². The number of Topliss-reactive ketones (excluding diaryl/α,β-unsaturated/α-hetero) is 1. The number of carbonyl (C=O) groups excluding carboxylic acids is 1. The van der Waals surface area contributed by atoms with Crippen LogP contribution in [-0.4, -0.2) is 30.6 Å². The van der Waals surface area contributed by atoms with E-state index in [1.165, 1.54) is 18.1 Å². The Bertz CT molecular complexity index is 1000. The largest absolute Gasteiger partial charge is 0.382 e. The molecule has 6 nitrogen and oxygen atoms in total. The number of benzene rings is 1. The second-order valence-corrected chi connectivity index (χ2v) is 7.77. The molecule has 0 radical (unpaired) electrons. The highest BCUT2D eigenvalue weighted by Crippen LogP contribution is 2.36. The lowest BCUT2D eigenvalue weighted by molar-refractivity contribution is 0.0994. The van der Waals surface area contributed by atoms with Gasteiger partial charge in [0.1, 0.15) is 6.33 Å². The smallest absolute Gasteiger partial charge is 0.175 e. The van der Waals surface area contributed by atoms with E-state index in [1.54, 1.807) is 0 Å². The maximum atomic E-state index is 12.1. The van der Waals surface area contributed by atoms with E-state index in [2.05, 4.69) is 43.9 Å². The van der Waals surface area contributed by atoms with E-state index >= 15 is 0 Å². The fourth-order valence-corrected chi connectivity index (χ4v) is 4.48. The Morgan fingerprint density at radius 3 is 2.96 bits per heavy atom. The van der Waals surface area contributed by atoms with Crippen LogP contribution < -0.4 is 5.73 Å². The van der Waals surface area contributed by atoms with E-state index in [0.29, 0.717) is 17.8 Å². The molecule has 2 N–H and O–H groups in total. The number of anilines is 1. The van der Waals surface area contributed by atoms with Crippen LogP contribution in [0.5, 0.6) is 0 Å². The van der Waals surface area contributed by atoms with Crippen molar-refractivity contribution in [2.75, 3.05) is 11.1 Å². The highest BCUT2D eigenvalue weighted by molar-refractivity contribution is 9.09. The second-order valence-electron chi connectivity index (χ2n) is 5.97. The van der Waals surface area contributed by atoms with Gasteiger partial charge < -0.3 is 10.3 Å². The minimum atomic E-state index is 0.223. The van der Waals surface area contributed by atoms with Gasteiger partial charge in [0.2, 0.25) is 0 Å². The molecule has 4 rings (SSSR count). The van der Waals surface area contributed by atoms with E-state index in [9.17, 15) is 4.79 Å². The number of rotatable bonds is 4. The summed E-state index contributed by atoms with van der Waals surface area (Å²) in [5.41, 5.74) is 10.4. The molecule has 0 bridgehead atoms. The number of nitrogens with two attached hydrogens (primary N) is 1. The molecule has 25 heavy (non-hydrogen) atoms. The normalized spacial score (nSPS) is 13.6. The number of fused-ring (bicyclic) bond motifs is 2. The van der Waals surface area contributed by atoms with Gasteiger partial charge in [-0.25, -0.2) is 15.0 Å². The van der Waals surface area contributed by atoms with Gasteiger partial charge in [0.05, 0.1) is 0 Å². The van der Waals surface area contributed by atoms with Crippen molar-refractivity contribution >= 4 is 50.5 Å². The van der Waals surface area contributed by atoms with Crippen molar-refractivity contribution in [1.29, 1.82) is 0 Å². The van der Waals surface area contributed by atoms with Gasteiger partial charge in [0, 0.05) is 28.8 Å². The number of hydrogen-bond donors (Lipinski definition) is 1. The number of alkyl halides is 1. The zero-order chi connectivity index (χ0) is 17.6. The van der Waals surface area contributed by atoms with Crippen molar-refractivity contribution in [2.45, 2.75) is 36.4 Å². The minimum absolute atomic E-state index is 0.223. The molecule has 0 unspecified atom stereocenters. The molecule has 0 saturated carbocycles. The van der Waals surface area contributed by atoms with Crippen molar-refractivity contribution in [2.24, 2.45) is 0 Å². The molecule has 0 aliphatic heterocycles. The fourth-order valence-electron chi connectivity index (χ4n) is 3.10. The first kappa shape index (κ1) is 16.5. The molecule has 2 aromatic heterocycles. The average molecular weight is 418 g/mol. The Kier molecular flexibility index (Phi) is 4.24. The molecule has 2 heterocycles. The lowest BCUT2D eigenvalue weighted by Gasteiger charge is -2.10. The zero-order valence-corrected chi connectivity index (χ0v) is 16.0. The first-order chi connectivity index (χ1) is 12.1. The van der Waals surface area contributed by atoms with E-state index in [-0.39, 0.29) is 5.78 Å². The number of carbonyl (C=O) groups is 1. The van der Waals surface area contributed by atoms with E-state index < -0.39 is 0 Å². The lowest BCUT2D eigenvalue weighted by Crippen LogP contribution is -2.03. The van der Waals surface area contributed by atoms with Crippen LogP contribution in [-0.2, 0) is 13.0 Å². The van der Waals surface area contributed by atoms with Gasteiger partial charge in [-0.05, 0) is 30.5 Å². The van der Waals surface area contributed by atoms with Crippen molar-refractivity contribution in [3.8, 4) is 0 Å². The number of hydrogen-bond acceptors (Lipinski definition) is 6. The first-order valence-electron chi connectivity index (χ1n) is 7.95. The van der Waals surface area contributed by atoms with Gasteiger partial charge in [-0.1, -0.05) is 33.8 Å². The van der Waals surface area contributed by atoms with E-state index in [4.69, 9.17) is 5.73 Å². The molecule has 1 aromatic carbocycles. The molecule has 1 aliphatic carbocycles. The topological polar surface area (TPSA) is 86.7 Å². The first-order valence-corrected chi connectivity index (χ1v) is 9.89. The Labute approximate surface area is 157 Å². The van der Waals surface area contributed by atoms with Crippen LogP contribution in [0.4, 0.5) is 5.82 Å². The molecule has 0 atom stereocenters. The van der Waals surface area contributed by atoms with Crippen molar-refractivity contribution in [1.82, 2.24) is 19.5 Å². The fraction of sp³-hybridized carbons (Fsp3) is 0.294. The number of halogens is 1. The third kappa shape index (κ3) is 2.83. The Morgan fingerprint density at radius 2 is 2.16 bits per heavy atom. The van der Waals surface area contributed by atoms with Gasteiger partial charge in [0.15, 0.2) is 27.9 Å². The van der Waals surface area contributed by atoms with Crippen molar-refractivity contribution < 1.29 is 4.79 Å². The Balaban J connectivity index is 1.81. The molecule has 0 spiro atoms. The Morgan fingerprint density at radius 1 is 1.32 bits per heavy atom. The van der Waals surface area contributed by atoms with Gasteiger partial charge in [-0.2, -0.15) is 0 Å². The minimum Gasteiger partial charge on any atom is -0.382 e. The molecule has 128 valence electrons. The van der Waals surface area contributed by atoms with Crippen LogP contribution >= 0.6 is 27.7 Å². The van der Waals surface area contributed by atoms with Crippen LogP contribution in [0.1, 0.15) is 27.9 Å². The van der Waals surface area contributed by atoms with Gasteiger partial charge in [-0.15, -0.1) is 0 Å². The van der Waals surface area contributed by atoms with Crippen LogP contribution in [0.15, 0.2) is 28.5 Å². The zero-order valence-electron chi connectivity index (χ0n) is 13.6. The Hall–Kier alpha value is -1.93. The molecule has 0 fully saturated rings. The third-order valence-electron chi connectivity index (χ3n) is 4.36. The summed E-state index contributed by atoms with van der Waals surface area (Å²) in [6.45, 7) is 2.79. The number of imidazole rings is 1. The molecule has 8 heteroatoms. The van der Waals surface area contributed by atoms with Crippen LogP contribution in [0, 0.1) is 6.92 Å². The molecule has 1 aliphatic rings. The van der Waals surface area contributed by atoms with Crippen LogP contribution in [0.2, 0.25) is 0 Å². The third-order valence-corrected chi connectivity index (χ3v) is 5.87. The predicted octanol–water partition coefficient (Wildman–Crippen LogP) is 3.39. The summed E-state index contributed by atoms with van der Waals surface area (Å²) >= 11 is 5.02. The number of aryl methyl sites for hydroxylation is 3. The molecule has 0 amide bonds. The predicted molar refractivity (Wildman–Crippen MR) is 101 cm³/mol. The van der Waals surface area contributed by atoms with E-state index in [1.807, 2.05) is 10.6 Å². The summed E-state index contributed by atoms with van der Waals surface area (Å²) in [6, 6.07) is 4.12. The van der Waals surface area contributed by atoms with Crippen molar-refractivity contribution in [3.63, 3.8) is 0 Å². The van der Waals surface area contributed by atoms with Crippen LogP contribution in [0.3, 0.4) is 0 Å². The summed E-state index contributed by atoms with van der Waals surface area (Å²) in [7, 11) is 0. The molecule has 3 aromatic rings. The number of nitrogens with zero attached hydrogens (tertiary/aromatic N) is 4. The lowest BCUT2D eigenvalue weighted by atomic mass is 10.1. The summed E-state index contributed by atoms with van der Waals surface area (Å²) in [6.07, 6.45) is 2.91. The monoisotopic (exact) mass is 417 g/mol. The SMILES string of the molecule is Cc1cc2c(cc1Sc1nc3c(N)ncnc3n1CCBr)C(=O)CC2. The highest BCUT2D eigenvalue weighted by Gasteiger charge is 2.22. The van der Waals surface area contributed by atoms with E-state index in [0.717, 1.165) is 50.7 Å². The highest BCUT2D eigenvalue weighted by atomic mass is 79.9. The molecular weight excluding hydrogens is 402 g/mol. The average Bonchev–Trinajstić information content (AvgIpc) is 3.11. The summed E-state index contributed by atoms with van der Waals surface area (Å²) in [4.78, 5) is 26.1. The maximum absolute atomic E-state index is 12.1.